The van der Waals surface area contributed by atoms with E-state index in [1.807, 2.05) is 30.3 Å². The topological polar surface area (TPSA) is 63.8 Å². The molecule has 0 atom stereocenters. The second kappa shape index (κ2) is 6.75. The normalized spacial score (nSPS) is 10.5. The highest BCUT2D eigenvalue weighted by Gasteiger charge is 2.05. The van der Waals surface area contributed by atoms with Crippen molar-refractivity contribution in [3.63, 3.8) is 0 Å². The average molecular weight is 295 g/mol. The Morgan fingerprint density at radius 1 is 1.32 bits per heavy atom. The molecule has 0 radical (unpaired) electrons. The summed E-state index contributed by atoms with van der Waals surface area (Å²) in [5.74, 6) is 6.85. The van der Waals surface area contributed by atoms with Gasteiger partial charge in [0.05, 0.1) is 0 Å². The second-order valence-corrected chi connectivity index (χ2v) is 5.49. The Labute approximate surface area is 121 Å². The Morgan fingerprint density at radius 3 is 2.84 bits per heavy atom. The number of halogens is 1. The van der Waals surface area contributed by atoms with Gasteiger partial charge in [-0.3, -0.25) is 0 Å². The molecule has 3 N–H and O–H groups in total. The van der Waals surface area contributed by atoms with Crippen LogP contribution in [0.15, 0.2) is 40.3 Å². The summed E-state index contributed by atoms with van der Waals surface area (Å²) in [5, 5.41) is 1.57. The largest absolute Gasteiger partial charge is 0.308 e. The van der Waals surface area contributed by atoms with Crippen LogP contribution in [0.25, 0.3) is 0 Å². The fourth-order valence-electron chi connectivity index (χ4n) is 1.59. The summed E-state index contributed by atoms with van der Waals surface area (Å²) in [5.41, 5.74) is 2.57. The van der Waals surface area contributed by atoms with Crippen molar-refractivity contribution in [1.29, 1.82) is 0 Å². The van der Waals surface area contributed by atoms with E-state index in [1.165, 1.54) is 0 Å². The summed E-state index contributed by atoms with van der Waals surface area (Å²) in [4.78, 5) is 9.86. The number of hydrogen-bond donors (Lipinski definition) is 2. The van der Waals surface area contributed by atoms with Gasteiger partial charge in [-0.25, -0.2) is 15.8 Å². The highest BCUT2D eigenvalue weighted by Crippen LogP contribution is 2.29. The van der Waals surface area contributed by atoms with E-state index in [9.17, 15) is 0 Å². The van der Waals surface area contributed by atoms with Gasteiger partial charge >= 0.3 is 0 Å². The first-order chi connectivity index (χ1) is 9.21. The van der Waals surface area contributed by atoms with Gasteiger partial charge in [0.1, 0.15) is 16.7 Å². The van der Waals surface area contributed by atoms with Crippen LogP contribution in [-0.2, 0) is 6.42 Å². The molecule has 4 nitrogen and oxygen atoms in total. The smallest absolute Gasteiger partial charge is 0.144 e. The zero-order valence-corrected chi connectivity index (χ0v) is 12.1. The number of anilines is 1. The standard InChI is InChI=1S/C13H15ClN4S/c1-2-4-11-16-12(18-15)8-13(17-11)19-10-6-3-5-9(14)7-10/h3,5-8H,2,4,15H2,1H3,(H,16,17,18). The van der Waals surface area contributed by atoms with Gasteiger partial charge in [-0.1, -0.05) is 36.4 Å². The van der Waals surface area contributed by atoms with Crippen molar-refractivity contribution in [2.24, 2.45) is 5.84 Å². The first-order valence-corrected chi connectivity index (χ1v) is 7.18. The molecule has 0 spiro atoms. The lowest BCUT2D eigenvalue weighted by molar-refractivity contribution is 0.810. The molecule has 2 rings (SSSR count). The molecule has 0 bridgehead atoms. The minimum Gasteiger partial charge on any atom is -0.308 e. The molecule has 1 aromatic carbocycles. The number of hydrogen-bond acceptors (Lipinski definition) is 5. The first kappa shape index (κ1) is 14.1. The van der Waals surface area contributed by atoms with Gasteiger partial charge in [-0.2, -0.15) is 0 Å². The maximum absolute atomic E-state index is 5.97. The van der Waals surface area contributed by atoms with Crippen molar-refractivity contribution in [3.05, 3.63) is 41.2 Å². The average Bonchev–Trinajstić information content (AvgIpc) is 2.39. The van der Waals surface area contributed by atoms with Crippen LogP contribution in [0.3, 0.4) is 0 Å². The molecule has 0 fully saturated rings. The second-order valence-electron chi connectivity index (χ2n) is 3.96. The Morgan fingerprint density at radius 2 is 2.16 bits per heavy atom. The van der Waals surface area contributed by atoms with Gasteiger partial charge in [0.2, 0.25) is 0 Å². The zero-order chi connectivity index (χ0) is 13.7. The number of benzene rings is 1. The van der Waals surface area contributed by atoms with Gasteiger partial charge in [0, 0.05) is 22.4 Å². The summed E-state index contributed by atoms with van der Waals surface area (Å²) < 4.78 is 0. The molecule has 0 saturated heterocycles. The highest BCUT2D eigenvalue weighted by atomic mass is 35.5. The monoisotopic (exact) mass is 294 g/mol. The Balaban J connectivity index is 2.26. The van der Waals surface area contributed by atoms with Gasteiger partial charge in [-0.05, 0) is 24.6 Å². The number of aryl methyl sites for hydroxylation is 1. The fourth-order valence-corrected chi connectivity index (χ4v) is 2.74. The lowest BCUT2D eigenvalue weighted by Gasteiger charge is -2.07. The third-order valence-electron chi connectivity index (χ3n) is 2.39. The molecule has 19 heavy (non-hydrogen) atoms. The van der Waals surface area contributed by atoms with E-state index in [2.05, 4.69) is 22.3 Å². The molecule has 0 aliphatic heterocycles. The van der Waals surface area contributed by atoms with Crippen LogP contribution < -0.4 is 11.3 Å². The van der Waals surface area contributed by atoms with Crippen LogP contribution in [0.4, 0.5) is 5.82 Å². The molecule has 100 valence electrons. The van der Waals surface area contributed by atoms with Crippen LogP contribution in [-0.4, -0.2) is 9.97 Å². The summed E-state index contributed by atoms with van der Waals surface area (Å²) in [6.07, 6.45) is 1.83. The van der Waals surface area contributed by atoms with Crippen LogP contribution in [0, 0.1) is 0 Å². The van der Waals surface area contributed by atoms with Crippen molar-refractivity contribution in [2.45, 2.75) is 29.7 Å². The fraction of sp³-hybridized carbons (Fsp3) is 0.231. The maximum Gasteiger partial charge on any atom is 0.144 e. The van der Waals surface area contributed by atoms with Crippen LogP contribution in [0.1, 0.15) is 19.2 Å². The first-order valence-electron chi connectivity index (χ1n) is 5.99. The molecule has 0 aliphatic carbocycles. The number of nitrogens with two attached hydrogens (primary N) is 1. The number of aromatic nitrogens is 2. The molecular formula is C13H15ClN4S. The van der Waals surface area contributed by atoms with Crippen molar-refractivity contribution < 1.29 is 0 Å². The molecule has 1 aromatic heterocycles. The van der Waals surface area contributed by atoms with Crippen molar-refractivity contribution in [3.8, 4) is 0 Å². The lowest BCUT2D eigenvalue weighted by Crippen LogP contribution is -2.10. The Hall–Kier alpha value is -1.30. The number of rotatable bonds is 5. The number of nitrogens with one attached hydrogen (secondary N) is 1. The lowest BCUT2D eigenvalue weighted by atomic mass is 10.3. The van der Waals surface area contributed by atoms with Crippen molar-refractivity contribution >= 4 is 29.2 Å². The van der Waals surface area contributed by atoms with Gasteiger partial charge in [0.25, 0.3) is 0 Å². The van der Waals surface area contributed by atoms with E-state index >= 15 is 0 Å². The van der Waals surface area contributed by atoms with E-state index < -0.39 is 0 Å². The van der Waals surface area contributed by atoms with Crippen molar-refractivity contribution in [2.75, 3.05) is 5.43 Å². The molecule has 0 saturated carbocycles. The predicted octanol–water partition coefficient (Wildman–Crippen LogP) is 3.52. The van der Waals surface area contributed by atoms with Gasteiger partial charge < -0.3 is 5.43 Å². The third kappa shape index (κ3) is 4.09. The zero-order valence-electron chi connectivity index (χ0n) is 10.6. The summed E-state index contributed by atoms with van der Waals surface area (Å²) >= 11 is 7.51. The summed E-state index contributed by atoms with van der Waals surface area (Å²) in [6, 6.07) is 9.49. The minimum atomic E-state index is 0.628. The molecule has 1 heterocycles. The van der Waals surface area contributed by atoms with Crippen molar-refractivity contribution in [1.82, 2.24) is 9.97 Å². The molecule has 0 aliphatic rings. The van der Waals surface area contributed by atoms with Gasteiger partial charge in [0.15, 0.2) is 0 Å². The van der Waals surface area contributed by atoms with Crippen LogP contribution in [0.2, 0.25) is 5.02 Å². The predicted molar refractivity (Wildman–Crippen MR) is 79.4 cm³/mol. The summed E-state index contributed by atoms with van der Waals surface area (Å²) in [6.45, 7) is 2.09. The highest BCUT2D eigenvalue weighted by molar-refractivity contribution is 7.99. The summed E-state index contributed by atoms with van der Waals surface area (Å²) in [7, 11) is 0. The number of hydrazine groups is 1. The molecule has 0 unspecified atom stereocenters. The number of nitrogen functional groups attached to an aromatic ring is 1. The molecule has 6 heteroatoms. The molecular weight excluding hydrogens is 280 g/mol. The maximum atomic E-state index is 5.97. The quantitative estimate of drug-likeness (QED) is 0.502. The number of nitrogens with zero attached hydrogens (tertiary/aromatic N) is 2. The van der Waals surface area contributed by atoms with E-state index in [4.69, 9.17) is 17.4 Å². The van der Waals surface area contributed by atoms with Crippen LogP contribution >= 0.6 is 23.4 Å². The van der Waals surface area contributed by atoms with Crippen LogP contribution in [0.5, 0.6) is 0 Å². The Kier molecular flexibility index (Phi) is 5.01. The molecule has 2 aromatic rings. The minimum absolute atomic E-state index is 0.628. The Bertz CT molecular complexity index is 562. The van der Waals surface area contributed by atoms with E-state index in [-0.39, 0.29) is 0 Å². The van der Waals surface area contributed by atoms with E-state index in [0.717, 1.165) is 28.6 Å². The van der Waals surface area contributed by atoms with E-state index in [1.54, 1.807) is 11.8 Å². The SMILES string of the molecule is CCCc1nc(NN)cc(Sc2cccc(Cl)c2)n1. The third-order valence-corrected chi connectivity index (χ3v) is 3.53. The van der Waals surface area contributed by atoms with Gasteiger partial charge in [-0.15, -0.1) is 0 Å². The van der Waals surface area contributed by atoms with E-state index in [0.29, 0.717) is 10.8 Å². The molecule has 0 amide bonds.